The number of carbonyl (C=O) groups is 2. The number of carboxylic acids is 1. The molecule has 5 heteroatoms. The van der Waals surface area contributed by atoms with Gasteiger partial charge in [-0.2, -0.15) is 0 Å². The van der Waals surface area contributed by atoms with Gasteiger partial charge in [0.15, 0.2) is 0 Å². The van der Waals surface area contributed by atoms with Crippen molar-refractivity contribution in [1.29, 1.82) is 0 Å². The van der Waals surface area contributed by atoms with Gasteiger partial charge >= 0.3 is 11.9 Å². The average molecular weight is 240 g/mol. The lowest BCUT2D eigenvalue weighted by Crippen LogP contribution is -2.05. The molecule has 0 bridgehead atoms. The van der Waals surface area contributed by atoms with Crippen LogP contribution in [-0.4, -0.2) is 30.4 Å². The summed E-state index contributed by atoms with van der Waals surface area (Å²) >= 11 is 1.45. The Balaban J connectivity index is 3.10. The predicted octanol–water partition coefficient (Wildman–Crippen LogP) is 1.82. The molecule has 1 N–H and O–H groups in total. The Labute approximate surface area is 97.6 Å². The molecule has 1 aromatic rings. The molecular formula is C11H12O4S. The van der Waals surface area contributed by atoms with Gasteiger partial charge in [0, 0.05) is 4.90 Å². The van der Waals surface area contributed by atoms with E-state index in [4.69, 9.17) is 5.11 Å². The van der Waals surface area contributed by atoms with E-state index >= 15 is 0 Å². The van der Waals surface area contributed by atoms with E-state index in [-0.39, 0.29) is 6.42 Å². The first-order valence-corrected chi connectivity index (χ1v) is 5.77. The first-order valence-electron chi connectivity index (χ1n) is 4.55. The Morgan fingerprint density at radius 2 is 2.06 bits per heavy atom. The summed E-state index contributed by atoms with van der Waals surface area (Å²) in [4.78, 5) is 22.8. The highest BCUT2D eigenvalue weighted by molar-refractivity contribution is 7.98. The quantitative estimate of drug-likeness (QED) is 0.642. The van der Waals surface area contributed by atoms with Crippen LogP contribution >= 0.6 is 11.8 Å². The number of carbonyl (C=O) groups excluding carboxylic acids is 1. The zero-order valence-corrected chi connectivity index (χ0v) is 9.84. The minimum atomic E-state index is -0.922. The molecule has 0 aliphatic carbocycles. The third-order valence-electron chi connectivity index (χ3n) is 1.98. The van der Waals surface area contributed by atoms with E-state index < -0.39 is 11.9 Å². The van der Waals surface area contributed by atoms with Gasteiger partial charge in [-0.25, -0.2) is 4.79 Å². The Hall–Kier alpha value is -1.49. The van der Waals surface area contributed by atoms with Crippen LogP contribution in [0.15, 0.2) is 23.1 Å². The summed E-state index contributed by atoms with van der Waals surface area (Å²) in [6.45, 7) is 0. The number of thioether (sulfide) groups is 1. The van der Waals surface area contributed by atoms with Crippen molar-refractivity contribution in [1.82, 2.24) is 0 Å². The van der Waals surface area contributed by atoms with Crippen molar-refractivity contribution >= 4 is 23.7 Å². The maximum absolute atomic E-state index is 11.3. The van der Waals surface area contributed by atoms with Crippen molar-refractivity contribution in [3.05, 3.63) is 29.3 Å². The minimum Gasteiger partial charge on any atom is -0.481 e. The molecule has 86 valence electrons. The van der Waals surface area contributed by atoms with Crippen LogP contribution < -0.4 is 0 Å². The van der Waals surface area contributed by atoms with E-state index in [1.165, 1.54) is 18.9 Å². The highest BCUT2D eigenvalue weighted by Gasteiger charge is 2.10. The summed E-state index contributed by atoms with van der Waals surface area (Å²) in [6, 6.07) is 4.98. The van der Waals surface area contributed by atoms with Crippen molar-refractivity contribution in [2.75, 3.05) is 13.4 Å². The molecule has 4 nitrogen and oxygen atoms in total. The summed E-state index contributed by atoms with van der Waals surface area (Å²) in [5.74, 6) is -1.38. The SMILES string of the molecule is COC(=O)c1cc(CC(=O)O)cc(SC)c1. The molecule has 0 radical (unpaired) electrons. The van der Waals surface area contributed by atoms with Gasteiger partial charge in [0.1, 0.15) is 0 Å². The zero-order valence-electron chi connectivity index (χ0n) is 9.02. The fraction of sp³-hybridized carbons (Fsp3) is 0.273. The zero-order chi connectivity index (χ0) is 12.1. The van der Waals surface area contributed by atoms with Gasteiger partial charge in [0.05, 0.1) is 19.1 Å². The standard InChI is InChI=1S/C11H12O4S/c1-15-11(14)8-3-7(5-10(12)13)4-9(6-8)16-2/h3-4,6H,5H2,1-2H3,(H,12,13). The summed E-state index contributed by atoms with van der Waals surface area (Å²) in [6.07, 6.45) is 1.76. The summed E-state index contributed by atoms with van der Waals surface area (Å²) in [5, 5.41) is 8.69. The largest absolute Gasteiger partial charge is 0.481 e. The minimum absolute atomic E-state index is 0.0988. The Morgan fingerprint density at radius 1 is 1.38 bits per heavy atom. The van der Waals surface area contributed by atoms with E-state index in [0.717, 1.165) is 4.90 Å². The van der Waals surface area contributed by atoms with Crippen molar-refractivity contribution in [2.45, 2.75) is 11.3 Å². The summed E-state index contributed by atoms with van der Waals surface area (Å²) < 4.78 is 4.60. The second-order valence-electron chi connectivity index (χ2n) is 3.13. The summed E-state index contributed by atoms with van der Waals surface area (Å²) in [7, 11) is 1.30. The summed E-state index contributed by atoms with van der Waals surface area (Å²) in [5.41, 5.74) is 0.977. The van der Waals surface area contributed by atoms with Crippen LogP contribution in [0.25, 0.3) is 0 Å². The second-order valence-corrected chi connectivity index (χ2v) is 4.01. The van der Waals surface area contributed by atoms with Gasteiger partial charge in [-0.15, -0.1) is 11.8 Å². The van der Waals surface area contributed by atoms with Gasteiger partial charge in [0.2, 0.25) is 0 Å². The molecular weight excluding hydrogens is 228 g/mol. The number of benzene rings is 1. The van der Waals surface area contributed by atoms with Gasteiger partial charge in [-0.1, -0.05) is 0 Å². The molecule has 0 aliphatic rings. The number of hydrogen-bond donors (Lipinski definition) is 1. The maximum atomic E-state index is 11.3. The first-order chi connectivity index (χ1) is 7.56. The first kappa shape index (κ1) is 12.6. The van der Waals surface area contributed by atoms with E-state index in [9.17, 15) is 9.59 Å². The Morgan fingerprint density at radius 3 is 2.56 bits per heavy atom. The van der Waals surface area contributed by atoms with Gasteiger partial charge in [-0.3, -0.25) is 4.79 Å². The van der Waals surface area contributed by atoms with E-state index in [1.54, 1.807) is 18.2 Å². The maximum Gasteiger partial charge on any atom is 0.337 e. The number of aliphatic carboxylic acids is 1. The number of hydrogen-bond acceptors (Lipinski definition) is 4. The number of esters is 1. The van der Waals surface area contributed by atoms with E-state index in [1.807, 2.05) is 6.26 Å². The molecule has 0 spiro atoms. The fourth-order valence-corrected chi connectivity index (χ4v) is 1.81. The lowest BCUT2D eigenvalue weighted by molar-refractivity contribution is -0.136. The number of carboxylic acid groups (broad SMARTS) is 1. The topological polar surface area (TPSA) is 63.6 Å². The third kappa shape index (κ3) is 3.27. The molecule has 0 saturated heterocycles. The number of rotatable bonds is 4. The number of methoxy groups -OCH3 is 1. The van der Waals surface area contributed by atoms with Crippen molar-refractivity contribution in [2.24, 2.45) is 0 Å². The van der Waals surface area contributed by atoms with E-state index in [2.05, 4.69) is 4.74 Å². The van der Waals surface area contributed by atoms with Crippen LogP contribution in [-0.2, 0) is 16.0 Å². The lowest BCUT2D eigenvalue weighted by atomic mass is 10.1. The highest BCUT2D eigenvalue weighted by Crippen LogP contribution is 2.20. The fourth-order valence-electron chi connectivity index (χ4n) is 1.29. The van der Waals surface area contributed by atoms with Crippen LogP contribution in [0.4, 0.5) is 0 Å². The Kier molecular flexibility index (Phi) is 4.37. The lowest BCUT2D eigenvalue weighted by Gasteiger charge is -2.05. The smallest absolute Gasteiger partial charge is 0.337 e. The predicted molar refractivity (Wildman–Crippen MR) is 60.9 cm³/mol. The molecule has 0 fully saturated rings. The molecule has 0 saturated carbocycles. The molecule has 0 aromatic heterocycles. The van der Waals surface area contributed by atoms with Crippen LogP contribution in [0.3, 0.4) is 0 Å². The normalized spacial score (nSPS) is 9.88. The van der Waals surface area contributed by atoms with Gasteiger partial charge in [0.25, 0.3) is 0 Å². The molecule has 0 atom stereocenters. The van der Waals surface area contributed by atoms with Gasteiger partial charge < -0.3 is 9.84 Å². The number of ether oxygens (including phenoxy) is 1. The highest BCUT2D eigenvalue weighted by atomic mass is 32.2. The van der Waals surface area contributed by atoms with Gasteiger partial charge in [-0.05, 0) is 30.0 Å². The van der Waals surface area contributed by atoms with E-state index in [0.29, 0.717) is 11.1 Å². The molecule has 0 aliphatic heterocycles. The van der Waals surface area contributed by atoms with Crippen molar-refractivity contribution in [3.63, 3.8) is 0 Å². The molecule has 0 unspecified atom stereocenters. The van der Waals surface area contributed by atoms with Crippen LogP contribution in [0.5, 0.6) is 0 Å². The van der Waals surface area contributed by atoms with Crippen molar-refractivity contribution in [3.8, 4) is 0 Å². The Bertz CT molecular complexity index is 414. The van der Waals surface area contributed by atoms with Crippen LogP contribution in [0.1, 0.15) is 15.9 Å². The average Bonchev–Trinajstić information content (AvgIpc) is 2.26. The second kappa shape index (κ2) is 5.55. The molecule has 1 rings (SSSR count). The van der Waals surface area contributed by atoms with Crippen LogP contribution in [0, 0.1) is 0 Å². The monoisotopic (exact) mass is 240 g/mol. The molecule has 16 heavy (non-hydrogen) atoms. The molecule has 0 heterocycles. The molecule has 1 aromatic carbocycles. The van der Waals surface area contributed by atoms with Crippen molar-refractivity contribution < 1.29 is 19.4 Å². The van der Waals surface area contributed by atoms with Crippen LogP contribution in [0.2, 0.25) is 0 Å². The molecule has 0 amide bonds. The third-order valence-corrected chi connectivity index (χ3v) is 2.69.